The molecule has 3 N–H and O–H groups in total. The summed E-state index contributed by atoms with van der Waals surface area (Å²) in [7, 11) is 3.22. The fourth-order valence-electron chi connectivity index (χ4n) is 4.71. The van der Waals surface area contributed by atoms with E-state index in [1.807, 2.05) is 24.8 Å². The summed E-state index contributed by atoms with van der Waals surface area (Å²) in [6.07, 6.45) is 3.64. The van der Waals surface area contributed by atoms with Crippen molar-refractivity contribution in [2.45, 2.75) is 39.8 Å². The zero-order chi connectivity index (χ0) is 28.0. The predicted molar refractivity (Wildman–Crippen MR) is 146 cm³/mol. The Morgan fingerprint density at radius 3 is 2.59 bits per heavy atom. The summed E-state index contributed by atoms with van der Waals surface area (Å²) in [5.74, 6) is 0.157. The Hall–Kier alpha value is -4.61. The second-order valence-electron chi connectivity index (χ2n) is 10.1. The molecule has 202 valence electrons. The molecule has 5 rings (SSSR count). The number of aromatic nitrogens is 5. The largest absolute Gasteiger partial charge is 0.396 e. The standard InChI is InChI=1S/C27H30FN9O2/c1-14(2)36-7-6-17-10-22(34-37(17)13-23(36)38)33-21-9-16-8-18(24(28)25(29)20(16)12-30-21)19-11-31-26(32-15(19)3)27(39)35(4)5/h8-12,14H,6-7,13,29H2,1-5H3,(H,30,33,34). The van der Waals surface area contributed by atoms with Gasteiger partial charge in [0.1, 0.15) is 12.4 Å². The molecule has 1 aliphatic rings. The van der Waals surface area contributed by atoms with Crippen LogP contribution in [0.3, 0.4) is 0 Å². The van der Waals surface area contributed by atoms with Gasteiger partial charge in [0.25, 0.3) is 5.91 Å². The van der Waals surface area contributed by atoms with E-state index in [0.717, 1.165) is 5.69 Å². The van der Waals surface area contributed by atoms with Crippen molar-refractivity contribution in [1.29, 1.82) is 0 Å². The number of rotatable bonds is 5. The van der Waals surface area contributed by atoms with E-state index in [9.17, 15) is 9.59 Å². The number of anilines is 3. The maximum absolute atomic E-state index is 15.4. The third-order valence-electron chi connectivity index (χ3n) is 6.82. The molecule has 0 radical (unpaired) electrons. The minimum absolute atomic E-state index is 0.0307. The van der Waals surface area contributed by atoms with Crippen molar-refractivity contribution in [2.24, 2.45) is 0 Å². The van der Waals surface area contributed by atoms with Gasteiger partial charge in [-0.1, -0.05) is 0 Å². The van der Waals surface area contributed by atoms with Gasteiger partial charge in [0, 0.05) is 79.5 Å². The molecule has 4 heterocycles. The third-order valence-corrected chi connectivity index (χ3v) is 6.82. The molecular weight excluding hydrogens is 501 g/mol. The first kappa shape index (κ1) is 26.0. The number of nitrogens with two attached hydrogens (primary N) is 1. The number of nitrogens with zero attached hydrogens (tertiary/aromatic N) is 7. The first-order valence-electron chi connectivity index (χ1n) is 12.6. The highest BCUT2D eigenvalue weighted by molar-refractivity contribution is 5.98. The van der Waals surface area contributed by atoms with Crippen LogP contribution in [0.5, 0.6) is 0 Å². The highest BCUT2D eigenvalue weighted by Crippen LogP contribution is 2.35. The van der Waals surface area contributed by atoms with Gasteiger partial charge in [0.2, 0.25) is 11.7 Å². The van der Waals surface area contributed by atoms with Crippen LogP contribution >= 0.6 is 0 Å². The van der Waals surface area contributed by atoms with E-state index in [1.165, 1.54) is 17.3 Å². The number of nitrogens with one attached hydrogen (secondary N) is 1. The van der Waals surface area contributed by atoms with Crippen LogP contribution < -0.4 is 11.1 Å². The van der Waals surface area contributed by atoms with Crippen molar-refractivity contribution in [2.75, 3.05) is 31.7 Å². The summed E-state index contributed by atoms with van der Waals surface area (Å²) in [6, 6.07) is 5.46. The fraction of sp³-hybridized carbons (Fsp3) is 0.333. The lowest BCUT2D eigenvalue weighted by molar-refractivity contribution is -0.133. The molecule has 0 atom stereocenters. The zero-order valence-electron chi connectivity index (χ0n) is 22.5. The summed E-state index contributed by atoms with van der Waals surface area (Å²) < 4.78 is 17.1. The van der Waals surface area contributed by atoms with Crippen LogP contribution in [0.2, 0.25) is 0 Å². The van der Waals surface area contributed by atoms with E-state index >= 15 is 4.39 Å². The van der Waals surface area contributed by atoms with Gasteiger partial charge >= 0.3 is 0 Å². The van der Waals surface area contributed by atoms with E-state index < -0.39 is 5.82 Å². The van der Waals surface area contributed by atoms with Crippen molar-refractivity contribution < 1.29 is 14.0 Å². The monoisotopic (exact) mass is 531 g/mol. The van der Waals surface area contributed by atoms with Crippen LogP contribution in [-0.4, -0.2) is 73.0 Å². The van der Waals surface area contributed by atoms with Gasteiger partial charge in [0.15, 0.2) is 11.6 Å². The highest BCUT2D eigenvalue weighted by atomic mass is 19.1. The van der Waals surface area contributed by atoms with E-state index in [-0.39, 0.29) is 41.5 Å². The Morgan fingerprint density at radius 1 is 1.13 bits per heavy atom. The first-order chi connectivity index (χ1) is 18.5. The number of carbonyl (C=O) groups is 2. The van der Waals surface area contributed by atoms with E-state index in [0.29, 0.717) is 46.6 Å². The zero-order valence-corrected chi connectivity index (χ0v) is 22.5. The summed E-state index contributed by atoms with van der Waals surface area (Å²) >= 11 is 0. The lowest BCUT2D eigenvalue weighted by atomic mass is 10.00. The molecule has 3 aromatic heterocycles. The number of pyridine rings is 1. The lowest BCUT2D eigenvalue weighted by Crippen LogP contribution is -2.38. The quantitative estimate of drug-likeness (QED) is 0.375. The van der Waals surface area contributed by atoms with Crippen molar-refractivity contribution >= 4 is 39.9 Å². The maximum Gasteiger partial charge on any atom is 0.291 e. The minimum atomic E-state index is -0.610. The summed E-state index contributed by atoms with van der Waals surface area (Å²) in [5, 5.41) is 8.86. The third kappa shape index (κ3) is 4.85. The average molecular weight is 532 g/mol. The number of hydrogen-bond donors (Lipinski definition) is 2. The molecule has 4 aromatic rings. The molecule has 1 aromatic carbocycles. The SMILES string of the molecule is Cc1nc(C(=O)N(C)C)ncc1-c1cc2cc(Nc3cc4n(n3)CC(=O)N(C(C)C)CC4)ncc2c(N)c1F. The van der Waals surface area contributed by atoms with E-state index in [1.54, 1.807) is 37.8 Å². The van der Waals surface area contributed by atoms with Crippen LogP contribution in [0.4, 0.5) is 21.7 Å². The van der Waals surface area contributed by atoms with Gasteiger partial charge in [-0.2, -0.15) is 5.10 Å². The Labute approximate surface area is 224 Å². The summed E-state index contributed by atoms with van der Waals surface area (Å²) in [6.45, 7) is 6.52. The lowest BCUT2D eigenvalue weighted by Gasteiger charge is -2.24. The Bertz CT molecular complexity index is 1610. The summed E-state index contributed by atoms with van der Waals surface area (Å²) in [5.41, 5.74) is 8.18. The fourth-order valence-corrected chi connectivity index (χ4v) is 4.71. The molecule has 1 aliphatic heterocycles. The number of fused-ring (bicyclic) bond motifs is 2. The van der Waals surface area contributed by atoms with Gasteiger partial charge in [-0.15, -0.1) is 0 Å². The Kier molecular flexibility index (Phi) is 6.62. The predicted octanol–water partition coefficient (Wildman–Crippen LogP) is 3.16. The number of amides is 2. The van der Waals surface area contributed by atoms with E-state index in [4.69, 9.17) is 5.73 Å². The maximum atomic E-state index is 15.4. The first-order valence-corrected chi connectivity index (χ1v) is 12.6. The van der Waals surface area contributed by atoms with Gasteiger partial charge in [0.05, 0.1) is 5.69 Å². The molecule has 0 saturated carbocycles. The molecular formula is C27H30FN9O2. The molecule has 0 spiro atoms. The topological polar surface area (TPSA) is 135 Å². The van der Waals surface area contributed by atoms with Crippen LogP contribution in [0, 0.1) is 12.7 Å². The molecule has 0 unspecified atom stereocenters. The second-order valence-corrected chi connectivity index (χ2v) is 10.1. The van der Waals surface area contributed by atoms with Crippen LogP contribution in [0.15, 0.2) is 30.6 Å². The Balaban J connectivity index is 1.46. The van der Waals surface area contributed by atoms with Gasteiger partial charge in [-0.3, -0.25) is 14.3 Å². The van der Waals surface area contributed by atoms with Crippen LogP contribution in [0.25, 0.3) is 21.9 Å². The number of hydrogen-bond acceptors (Lipinski definition) is 8. The second kappa shape index (κ2) is 9.93. The van der Waals surface area contributed by atoms with Gasteiger partial charge in [-0.05, 0) is 38.3 Å². The van der Waals surface area contributed by atoms with Crippen molar-refractivity contribution in [3.63, 3.8) is 0 Å². The van der Waals surface area contributed by atoms with E-state index in [2.05, 4.69) is 25.4 Å². The number of carbonyl (C=O) groups excluding carboxylic acids is 2. The molecule has 0 bridgehead atoms. The molecule has 11 nitrogen and oxygen atoms in total. The van der Waals surface area contributed by atoms with Crippen LogP contribution in [-0.2, 0) is 17.8 Å². The molecule has 0 aliphatic carbocycles. The molecule has 0 fully saturated rings. The van der Waals surface area contributed by atoms with Crippen molar-refractivity contribution in [1.82, 2.24) is 34.5 Å². The number of benzene rings is 1. The summed E-state index contributed by atoms with van der Waals surface area (Å²) in [4.78, 5) is 40.9. The molecule has 0 saturated heterocycles. The normalized spacial score (nSPS) is 13.5. The van der Waals surface area contributed by atoms with Gasteiger partial charge in [-0.25, -0.2) is 19.3 Å². The molecule has 12 heteroatoms. The molecule has 2 amide bonds. The number of nitrogen functional groups attached to an aromatic ring is 1. The number of aryl methyl sites for hydroxylation is 1. The van der Waals surface area contributed by atoms with Crippen molar-refractivity contribution in [3.05, 3.63) is 53.6 Å². The minimum Gasteiger partial charge on any atom is -0.396 e. The Morgan fingerprint density at radius 2 is 1.90 bits per heavy atom. The smallest absolute Gasteiger partial charge is 0.291 e. The van der Waals surface area contributed by atoms with Crippen LogP contribution in [0.1, 0.15) is 35.9 Å². The highest BCUT2D eigenvalue weighted by Gasteiger charge is 2.24. The number of halogens is 1. The van der Waals surface area contributed by atoms with Gasteiger partial charge < -0.3 is 20.9 Å². The molecule has 39 heavy (non-hydrogen) atoms. The average Bonchev–Trinajstić information content (AvgIpc) is 3.18. The van der Waals surface area contributed by atoms with Crippen molar-refractivity contribution in [3.8, 4) is 11.1 Å².